The number of rotatable bonds is 5. The van der Waals surface area contributed by atoms with Gasteiger partial charge in [0.1, 0.15) is 0 Å². The van der Waals surface area contributed by atoms with Crippen LogP contribution in [0.1, 0.15) is 42.2 Å². The number of carbonyl (C=O) groups is 1. The van der Waals surface area contributed by atoms with E-state index in [-0.39, 0.29) is 5.78 Å². The van der Waals surface area contributed by atoms with Gasteiger partial charge >= 0.3 is 0 Å². The zero-order valence-electron chi connectivity index (χ0n) is 13.6. The molecule has 0 radical (unpaired) electrons. The van der Waals surface area contributed by atoms with Gasteiger partial charge in [-0.05, 0) is 68.7 Å². The maximum absolute atomic E-state index is 12.2. The Morgan fingerprint density at radius 1 is 1.13 bits per heavy atom. The van der Waals surface area contributed by atoms with E-state index in [0.29, 0.717) is 0 Å². The van der Waals surface area contributed by atoms with Gasteiger partial charge in [0.2, 0.25) is 0 Å². The van der Waals surface area contributed by atoms with Crippen LogP contribution in [0.2, 0.25) is 0 Å². The molecule has 1 aromatic heterocycles. The number of ketones is 1. The number of allylic oxidation sites excluding steroid dienone is 1. The fraction of sp³-hybridized carbons (Fsp3) is 0.368. The first-order valence-corrected chi connectivity index (χ1v) is 8.37. The molecule has 0 amide bonds. The highest BCUT2D eigenvalue weighted by molar-refractivity contribution is 6.06. The van der Waals surface area contributed by atoms with Crippen molar-refractivity contribution in [1.29, 1.82) is 0 Å². The predicted molar refractivity (Wildman–Crippen MR) is 93.8 cm³/mol. The number of hydrogen-bond acceptors (Lipinski definition) is 3. The van der Waals surface area contributed by atoms with E-state index in [1.54, 1.807) is 12.2 Å². The normalized spacial score (nSPS) is 15.3. The summed E-state index contributed by atoms with van der Waals surface area (Å²) in [4.78, 5) is 14.6. The monoisotopic (exact) mass is 309 g/mol. The first-order valence-electron chi connectivity index (χ1n) is 8.37. The fourth-order valence-corrected chi connectivity index (χ4v) is 2.89. The van der Waals surface area contributed by atoms with E-state index in [4.69, 9.17) is 0 Å². The van der Waals surface area contributed by atoms with Crippen LogP contribution in [-0.2, 0) is 6.54 Å². The third-order valence-corrected chi connectivity index (χ3v) is 4.26. The largest absolute Gasteiger partial charge is 0.372 e. The minimum atomic E-state index is 0.0150. The van der Waals surface area contributed by atoms with Crippen LogP contribution in [0.4, 0.5) is 5.69 Å². The first kappa shape index (κ1) is 15.5. The van der Waals surface area contributed by atoms with E-state index in [9.17, 15) is 4.79 Å². The Kier molecular flexibility index (Phi) is 4.91. The van der Waals surface area contributed by atoms with Crippen LogP contribution in [0.3, 0.4) is 0 Å². The quantitative estimate of drug-likeness (QED) is 0.623. The minimum Gasteiger partial charge on any atom is -0.372 e. The van der Waals surface area contributed by atoms with Crippen molar-refractivity contribution < 1.29 is 4.79 Å². The Morgan fingerprint density at radius 3 is 2.52 bits per heavy atom. The highest BCUT2D eigenvalue weighted by Gasteiger charge is 2.11. The molecule has 3 rings (SSSR count). The van der Waals surface area contributed by atoms with E-state index in [0.717, 1.165) is 30.9 Å². The molecule has 0 spiro atoms. The number of hydrogen-bond donors (Lipinski definition) is 0. The molecule has 1 fully saturated rings. The lowest BCUT2D eigenvalue weighted by molar-refractivity contribution is 0.104. The van der Waals surface area contributed by atoms with Gasteiger partial charge in [0.05, 0.1) is 5.69 Å². The number of nitrogens with zero attached hydrogens (tertiary/aromatic N) is 3. The molecular formula is C19H23N3O. The number of carbonyl (C=O) groups excluding carboxylic acids is 1. The van der Waals surface area contributed by atoms with E-state index in [2.05, 4.69) is 22.1 Å². The maximum Gasteiger partial charge on any atom is 0.185 e. The average Bonchev–Trinajstić information content (AvgIpc) is 3.09. The maximum atomic E-state index is 12.2. The van der Waals surface area contributed by atoms with Crippen molar-refractivity contribution in [1.82, 2.24) is 9.78 Å². The first-order chi connectivity index (χ1) is 11.3. The van der Waals surface area contributed by atoms with Crippen molar-refractivity contribution in [2.75, 3.05) is 18.0 Å². The lowest BCUT2D eigenvalue weighted by Gasteiger charge is -2.28. The molecule has 1 saturated heterocycles. The zero-order valence-corrected chi connectivity index (χ0v) is 13.6. The van der Waals surface area contributed by atoms with E-state index in [1.165, 1.54) is 24.9 Å². The fourth-order valence-electron chi connectivity index (χ4n) is 2.89. The molecule has 0 bridgehead atoms. The standard InChI is InChI=1S/C19H23N3O/c1-2-22-15-12-17(20-22)8-11-19(23)16-6-9-18(10-7-16)21-13-4-3-5-14-21/h6-12,15H,2-5,13-14H2,1H3/b11-8+. The van der Waals surface area contributed by atoms with Crippen molar-refractivity contribution in [3.8, 4) is 0 Å². The third kappa shape index (κ3) is 3.89. The number of piperidine rings is 1. The molecule has 120 valence electrons. The SMILES string of the molecule is CCn1ccc(/C=C/C(=O)c2ccc(N3CCCCC3)cc2)n1. The highest BCUT2D eigenvalue weighted by atomic mass is 16.1. The van der Waals surface area contributed by atoms with Crippen LogP contribution in [0.25, 0.3) is 6.08 Å². The van der Waals surface area contributed by atoms with Gasteiger partial charge in [0, 0.05) is 37.1 Å². The summed E-state index contributed by atoms with van der Waals surface area (Å²) in [6, 6.07) is 9.85. The molecule has 4 heteroatoms. The highest BCUT2D eigenvalue weighted by Crippen LogP contribution is 2.20. The second-order valence-electron chi connectivity index (χ2n) is 5.89. The number of benzene rings is 1. The van der Waals surface area contributed by atoms with Gasteiger partial charge in [0.15, 0.2) is 5.78 Å². The predicted octanol–water partition coefficient (Wildman–Crippen LogP) is 3.79. The number of aromatic nitrogens is 2. The molecule has 4 nitrogen and oxygen atoms in total. The Labute approximate surface area is 137 Å². The molecule has 0 unspecified atom stereocenters. The molecule has 0 atom stereocenters. The summed E-state index contributed by atoms with van der Waals surface area (Å²) >= 11 is 0. The van der Waals surface area contributed by atoms with E-state index in [1.807, 2.05) is 36.0 Å². The Morgan fingerprint density at radius 2 is 1.87 bits per heavy atom. The molecular weight excluding hydrogens is 286 g/mol. The molecule has 1 aliphatic rings. The van der Waals surface area contributed by atoms with Crippen molar-refractivity contribution >= 4 is 17.5 Å². The molecule has 2 aromatic rings. The van der Waals surface area contributed by atoms with Crippen LogP contribution in [-0.4, -0.2) is 28.7 Å². The van der Waals surface area contributed by atoms with Crippen molar-refractivity contribution in [2.45, 2.75) is 32.7 Å². The zero-order chi connectivity index (χ0) is 16.1. The van der Waals surface area contributed by atoms with Crippen LogP contribution < -0.4 is 4.90 Å². The molecule has 0 N–H and O–H groups in total. The van der Waals surface area contributed by atoms with Crippen LogP contribution in [0.5, 0.6) is 0 Å². The summed E-state index contributed by atoms with van der Waals surface area (Å²) < 4.78 is 1.84. The molecule has 1 aliphatic heterocycles. The van der Waals surface area contributed by atoms with Gasteiger partial charge in [-0.25, -0.2) is 0 Å². The van der Waals surface area contributed by atoms with Crippen LogP contribution in [0, 0.1) is 0 Å². The van der Waals surface area contributed by atoms with Crippen molar-refractivity contribution in [2.24, 2.45) is 0 Å². The van der Waals surface area contributed by atoms with Gasteiger partial charge in [-0.2, -0.15) is 5.10 Å². The molecule has 0 saturated carbocycles. The summed E-state index contributed by atoms with van der Waals surface area (Å²) in [6.07, 6.45) is 9.12. The number of aryl methyl sites for hydroxylation is 1. The van der Waals surface area contributed by atoms with Gasteiger partial charge < -0.3 is 4.90 Å². The molecule has 2 heterocycles. The molecule has 0 aliphatic carbocycles. The number of anilines is 1. The minimum absolute atomic E-state index is 0.0150. The third-order valence-electron chi connectivity index (χ3n) is 4.26. The Bertz CT molecular complexity index is 679. The van der Waals surface area contributed by atoms with E-state index >= 15 is 0 Å². The summed E-state index contributed by atoms with van der Waals surface area (Å²) in [5.74, 6) is 0.0150. The summed E-state index contributed by atoms with van der Waals surface area (Å²) in [5.41, 5.74) is 2.74. The van der Waals surface area contributed by atoms with Crippen molar-refractivity contribution in [3.63, 3.8) is 0 Å². The van der Waals surface area contributed by atoms with Gasteiger partial charge in [-0.3, -0.25) is 9.48 Å². The van der Waals surface area contributed by atoms with Gasteiger partial charge in [-0.1, -0.05) is 0 Å². The van der Waals surface area contributed by atoms with E-state index < -0.39 is 0 Å². The Balaban J connectivity index is 1.65. The van der Waals surface area contributed by atoms with Crippen LogP contribution in [0.15, 0.2) is 42.6 Å². The second kappa shape index (κ2) is 7.27. The van der Waals surface area contributed by atoms with Crippen molar-refractivity contribution in [3.05, 3.63) is 53.9 Å². The smallest absolute Gasteiger partial charge is 0.185 e. The molecule has 1 aromatic carbocycles. The lowest BCUT2D eigenvalue weighted by Crippen LogP contribution is -2.29. The summed E-state index contributed by atoms with van der Waals surface area (Å²) in [5, 5.41) is 4.34. The topological polar surface area (TPSA) is 38.1 Å². The molecule has 23 heavy (non-hydrogen) atoms. The van der Waals surface area contributed by atoms with Gasteiger partial charge in [0.25, 0.3) is 0 Å². The second-order valence-corrected chi connectivity index (χ2v) is 5.89. The van der Waals surface area contributed by atoms with Crippen LogP contribution >= 0.6 is 0 Å². The van der Waals surface area contributed by atoms with Gasteiger partial charge in [-0.15, -0.1) is 0 Å². The summed E-state index contributed by atoms with van der Waals surface area (Å²) in [7, 11) is 0. The Hall–Kier alpha value is -2.36. The average molecular weight is 309 g/mol. The summed E-state index contributed by atoms with van der Waals surface area (Å²) in [6.45, 7) is 5.11. The lowest BCUT2D eigenvalue weighted by atomic mass is 10.1.